The molecular formula is C17H16N4O6. The molecule has 27 heavy (non-hydrogen) atoms. The number of anilines is 1. The third kappa shape index (κ3) is 5.26. The summed E-state index contributed by atoms with van der Waals surface area (Å²) in [5.41, 5.74) is 2.80. The second kappa shape index (κ2) is 8.94. The van der Waals surface area contributed by atoms with Crippen molar-refractivity contribution in [1.82, 2.24) is 5.43 Å². The normalized spacial score (nSPS) is 10.3. The van der Waals surface area contributed by atoms with Crippen LogP contribution < -0.4 is 20.2 Å². The van der Waals surface area contributed by atoms with E-state index in [1.807, 2.05) is 0 Å². The second-order valence-electron chi connectivity index (χ2n) is 5.07. The van der Waals surface area contributed by atoms with Gasteiger partial charge in [0.15, 0.2) is 0 Å². The van der Waals surface area contributed by atoms with Crippen LogP contribution in [0, 0.1) is 10.1 Å². The summed E-state index contributed by atoms with van der Waals surface area (Å²) in [4.78, 5) is 33.8. The van der Waals surface area contributed by atoms with Gasteiger partial charge in [-0.2, -0.15) is 5.10 Å². The third-order valence-electron chi connectivity index (χ3n) is 3.35. The summed E-state index contributed by atoms with van der Waals surface area (Å²) < 4.78 is 10.2. The number of hydrazone groups is 1. The first-order chi connectivity index (χ1) is 12.9. The van der Waals surface area contributed by atoms with Crippen molar-refractivity contribution in [2.75, 3.05) is 19.5 Å². The number of ether oxygens (including phenoxy) is 2. The molecule has 0 aromatic heterocycles. The van der Waals surface area contributed by atoms with E-state index in [1.165, 1.54) is 50.8 Å². The van der Waals surface area contributed by atoms with Crippen molar-refractivity contribution < 1.29 is 24.0 Å². The molecule has 0 aliphatic rings. The van der Waals surface area contributed by atoms with E-state index in [0.717, 1.165) is 0 Å². The van der Waals surface area contributed by atoms with Crippen molar-refractivity contribution in [2.24, 2.45) is 5.10 Å². The maximum Gasteiger partial charge on any atom is 0.329 e. The molecule has 0 heterocycles. The summed E-state index contributed by atoms with van der Waals surface area (Å²) in [5, 5.41) is 16.6. The number of hydrogen-bond acceptors (Lipinski definition) is 7. The van der Waals surface area contributed by atoms with Gasteiger partial charge in [-0.25, -0.2) is 5.43 Å². The Morgan fingerprint density at radius 3 is 2.37 bits per heavy atom. The molecule has 0 saturated heterocycles. The Morgan fingerprint density at radius 2 is 1.78 bits per heavy atom. The molecule has 140 valence electrons. The van der Waals surface area contributed by atoms with Crippen LogP contribution in [0.15, 0.2) is 47.6 Å². The van der Waals surface area contributed by atoms with Crippen LogP contribution in [0.25, 0.3) is 0 Å². The topological polar surface area (TPSA) is 132 Å². The van der Waals surface area contributed by atoms with Gasteiger partial charge in [0.05, 0.1) is 31.0 Å². The van der Waals surface area contributed by atoms with E-state index in [9.17, 15) is 19.7 Å². The maximum atomic E-state index is 11.9. The molecule has 0 radical (unpaired) electrons. The smallest absolute Gasteiger partial charge is 0.329 e. The Bertz CT molecular complexity index is 879. The first kappa shape index (κ1) is 19.4. The van der Waals surface area contributed by atoms with E-state index in [-0.39, 0.29) is 11.4 Å². The van der Waals surface area contributed by atoms with E-state index in [0.29, 0.717) is 17.1 Å². The lowest BCUT2D eigenvalue weighted by molar-refractivity contribution is -0.384. The van der Waals surface area contributed by atoms with Gasteiger partial charge in [-0.3, -0.25) is 19.7 Å². The summed E-state index contributed by atoms with van der Waals surface area (Å²) in [6.07, 6.45) is 1.25. The van der Waals surface area contributed by atoms with Crippen molar-refractivity contribution in [3.8, 4) is 11.5 Å². The Labute approximate surface area is 153 Å². The number of carbonyl (C=O) groups excluding carboxylic acids is 2. The van der Waals surface area contributed by atoms with Crippen molar-refractivity contribution in [3.63, 3.8) is 0 Å². The number of rotatable bonds is 6. The Kier molecular flexibility index (Phi) is 6.42. The van der Waals surface area contributed by atoms with Crippen molar-refractivity contribution in [2.45, 2.75) is 0 Å². The Morgan fingerprint density at radius 1 is 1.07 bits per heavy atom. The number of carbonyl (C=O) groups is 2. The number of benzene rings is 2. The molecule has 0 spiro atoms. The van der Waals surface area contributed by atoms with Gasteiger partial charge in [0.1, 0.15) is 11.5 Å². The van der Waals surface area contributed by atoms with Gasteiger partial charge in [0, 0.05) is 18.2 Å². The number of nitro benzene ring substituents is 1. The van der Waals surface area contributed by atoms with Gasteiger partial charge in [-0.05, 0) is 29.8 Å². The van der Waals surface area contributed by atoms with Crippen LogP contribution in [0.2, 0.25) is 0 Å². The fourth-order valence-corrected chi connectivity index (χ4v) is 1.98. The third-order valence-corrected chi connectivity index (χ3v) is 3.35. The molecule has 0 fully saturated rings. The molecule has 0 bridgehead atoms. The van der Waals surface area contributed by atoms with Gasteiger partial charge < -0.3 is 14.8 Å². The van der Waals surface area contributed by atoms with Gasteiger partial charge in [-0.15, -0.1) is 0 Å². The number of nitrogens with zero attached hydrogens (tertiary/aromatic N) is 2. The van der Waals surface area contributed by atoms with Crippen molar-refractivity contribution >= 4 is 29.4 Å². The van der Waals surface area contributed by atoms with E-state index in [2.05, 4.69) is 15.8 Å². The number of nitrogens with one attached hydrogen (secondary N) is 2. The Balaban J connectivity index is 1.95. The largest absolute Gasteiger partial charge is 0.497 e. The quantitative estimate of drug-likeness (QED) is 0.343. The molecule has 0 saturated carbocycles. The van der Waals surface area contributed by atoms with Crippen LogP contribution in [0.1, 0.15) is 5.56 Å². The molecule has 0 unspecified atom stereocenters. The average Bonchev–Trinajstić information content (AvgIpc) is 2.68. The molecule has 10 nitrogen and oxygen atoms in total. The van der Waals surface area contributed by atoms with Crippen molar-refractivity contribution in [3.05, 3.63) is 58.1 Å². The standard InChI is InChI=1S/C17H16N4O6/c1-26-13-7-8-14(15(9-13)27-2)19-16(22)17(23)20-18-10-11-3-5-12(6-4-11)21(24)25/h3-10H,1-2H3,(H,19,22)(H,20,23)/b18-10+. The van der Waals surface area contributed by atoms with Crippen LogP contribution >= 0.6 is 0 Å². The van der Waals surface area contributed by atoms with Crippen LogP contribution in [-0.4, -0.2) is 37.2 Å². The van der Waals surface area contributed by atoms with Crippen LogP contribution in [0.5, 0.6) is 11.5 Å². The SMILES string of the molecule is COc1ccc(NC(=O)C(=O)N/N=C/c2ccc([N+](=O)[O-])cc2)c(OC)c1. The van der Waals surface area contributed by atoms with Crippen LogP contribution in [0.3, 0.4) is 0 Å². The monoisotopic (exact) mass is 372 g/mol. The highest BCUT2D eigenvalue weighted by atomic mass is 16.6. The number of nitro groups is 1. The van der Waals surface area contributed by atoms with Crippen LogP contribution in [-0.2, 0) is 9.59 Å². The zero-order valence-corrected chi connectivity index (χ0v) is 14.5. The lowest BCUT2D eigenvalue weighted by Gasteiger charge is -2.10. The molecule has 2 aromatic carbocycles. The highest BCUT2D eigenvalue weighted by Gasteiger charge is 2.15. The minimum absolute atomic E-state index is 0.0657. The molecule has 2 amide bonds. The summed E-state index contributed by atoms with van der Waals surface area (Å²) in [6, 6.07) is 10.2. The van der Waals surface area contributed by atoms with E-state index in [4.69, 9.17) is 9.47 Å². The molecule has 2 N–H and O–H groups in total. The van der Waals surface area contributed by atoms with Gasteiger partial charge in [0.2, 0.25) is 0 Å². The molecule has 2 rings (SSSR count). The number of non-ortho nitro benzene ring substituents is 1. The fraction of sp³-hybridized carbons (Fsp3) is 0.118. The lowest BCUT2D eigenvalue weighted by Crippen LogP contribution is -2.32. The summed E-state index contributed by atoms with van der Waals surface area (Å²) in [7, 11) is 2.91. The highest BCUT2D eigenvalue weighted by Crippen LogP contribution is 2.28. The molecule has 0 atom stereocenters. The van der Waals surface area contributed by atoms with E-state index in [1.54, 1.807) is 12.1 Å². The second-order valence-corrected chi connectivity index (χ2v) is 5.07. The summed E-state index contributed by atoms with van der Waals surface area (Å²) >= 11 is 0. The zero-order valence-electron chi connectivity index (χ0n) is 14.5. The molecule has 0 aliphatic carbocycles. The minimum Gasteiger partial charge on any atom is -0.497 e. The molecule has 0 aliphatic heterocycles. The molecular weight excluding hydrogens is 356 g/mol. The van der Waals surface area contributed by atoms with Gasteiger partial charge in [-0.1, -0.05) is 0 Å². The van der Waals surface area contributed by atoms with Crippen molar-refractivity contribution in [1.29, 1.82) is 0 Å². The first-order valence-electron chi connectivity index (χ1n) is 7.55. The first-order valence-corrected chi connectivity index (χ1v) is 7.55. The molecule has 2 aromatic rings. The summed E-state index contributed by atoms with van der Waals surface area (Å²) in [5.74, 6) is -1.09. The zero-order chi connectivity index (χ0) is 19.8. The Hall–Kier alpha value is -3.95. The minimum atomic E-state index is -0.994. The number of hydrogen-bond donors (Lipinski definition) is 2. The van der Waals surface area contributed by atoms with Gasteiger partial charge >= 0.3 is 11.8 Å². The highest BCUT2D eigenvalue weighted by molar-refractivity contribution is 6.39. The lowest BCUT2D eigenvalue weighted by atomic mass is 10.2. The number of methoxy groups -OCH3 is 2. The van der Waals surface area contributed by atoms with E-state index >= 15 is 0 Å². The predicted octanol–water partition coefficient (Wildman–Crippen LogP) is 1.70. The number of amides is 2. The predicted molar refractivity (Wildman–Crippen MR) is 97.0 cm³/mol. The van der Waals surface area contributed by atoms with Crippen LogP contribution in [0.4, 0.5) is 11.4 Å². The van der Waals surface area contributed by atoms with Gasteiger partial charge in [0.25, 0.3) is 5.69 Å². The van der Waals surface area contributed by atoms with E-state index < -0.39 is 16.7 Å². The average molecular weight is 372 g/mol. The summed E-state index contributed by atoms with van der Waals surface area (Å²) in [6.45, 7) is 0. The fourth-order valence-electron chi connectivity index (χ4n) is 1.98. The molecule has 10 heteroatoms. The maximum absolute atomic E-state index is 11.9.